The highest BCUT2D eigenvalue weighted by molar-refractivity contribution is 5.89. The summed E-state index contributed by atoms with van der Waals surface area (Å²) in [6.07, 6.45) is 0.724. The number of fused-ring (bicyclic) bond motifs is 1. The summed E-state index contributed by atoms with van der Waals surface area (Å²) in [5.74, 6) is 0.187. The number of nitriles is 1. The van der Waals surface area contributed by atoms with Crippen molar-refractivity contribution >= 4 is 28.4 Å². The van der Waals surface area contributed by atoms with E-state index in [4.69, 9.17) is 4.98 Å². The Morgan fingerprint density at radius 3 is 2.65 bits per heavy atom. The Morgan fingerprint density at radius 2 is 1.87 bits per heavy atom. The normalized spacial score (nSPS) is 14.3. The van der Waals surface area contributed by atoms with Gasteiger partial charge in [0.1, 0.15) is 17.7 Å². The summed E-state index contributed by atoms with van der Waals surface area (Å²) in [6, 6.07) is 14.1. The molecule has 7 heteroatoms. The molecule has 1 saturated heterocycles. The van der Waals surface area contributed by atoms with Gasteiger partial charge in [0, 0.05) is 31.6 Å². The Labute approximate surface area is 180 Å². The molecule has 0 unspecified atom stereocenters. The van der Waals surface area contributed by atoms with Crippen LogP contribution in [-0.4, -0.2) is 42.1 Å². The van der Waals surface area contributed by atoms with Gasteiger partial charge in [-0.3, -0.25) is 0 Å². The predicted octanol–water partition coefficient (Wildman–Crippen LogP) is 4.61. The molecule has 1 N–H and O–H groups in total. The second-order valence-corrected chi connectivity index (χ2v) is 7.84. The lowest BCUT2D eigenvalue weighted by molar-refractivity contribution is 0.215. The van der Waals surface area contributed by atoms with Crippen molar-refractivity contribution in [3.63, 3.8) is 0 Å². The molecule has 0 bridgehead atoms. The number of benzene rings is 2. The third-order valence-corrected chi connectivity index (χ3v) is 5.73. The van der Waals surface area contributed by atoms with Crippen molar-refractivity contribution in [2.45, 2.75) is 20.3 Å². The number of aryl methyl sites for hydroxylation is 2. The van der Waals surface area contributed by atoms with Gasteiger partial charge in [-0.25, -0.2) is 14.2 Å². The van der Waals surface area contributed by atoms with Crippen molar-refractivity contribution in [1.82, 2.24) is 9.88 Å². The van der Waals surface area contributed by atoms with Crippen LogP contribution in [0.2, 0.25) is 0 Å². The molecule has 1 fully saturated rings. The Morgan fingerprint density at radius 1 is 1.10 bits per heavy atom. The molecule has 6 nitrogen and oxygen atoms in total. The number of carbonyl (C=O) groups is 1. The summed E-state index contributed by atoms with van der Waals surface area (Å²) in [6.45, 7) is 6.32. The van der Waals surface area contributed by atoms with Gasteiger partial charge in [0.15, 0.2) is 0 Å². The molecule has 1 aromatic heterocycles. The largest absolute Gasteiger partial charge is 0.354 e. The van der Waals surface area contributed by atoms with Crippen LogP contribution in [0.4, 0.5) is 20.7 Å². The highest BCUT2D eigenvalue weighted by atomic mass is 19.1. The first-order valence-corrected chi connectivity index (χ1v) is 10.3. The number of anilines is 2. The average Bonchev–Trinajstić information content (AvgIpc) is 3.02. The van der Waals surface area contributed by atoms with Crippen molar-refractivity contribution in [2.75, 3.05) is 36.4 Å². The highest BCUT2D eigenvalue weighted by Crippen LogP contribution is 2.26. The molecule has 158 valence electrons. The molecule has 3 aromatic rings. The summed E-state index contributed by atoms with van der Waals surface area (Å²) < 4.78 is 13.9. The molecule has 0 radical (unpaired) electrons. The van der Waals surface area contributed by atoms with Crippen molar-refractivity contribution in [2.24, 2.45) is 0 Å². The number of pyridine rings is 1. The molecule has 0 aliphatic carbocycles. The molecular formula is C24H24FN5O. The van der Waals surface area contributed by atoms with Crippen molar-refractivity contribution in [3.05, 3.63) is 65.0 Å². The predicted molar refractivity (Wildman–Crippen MR) is 120 cm³/mol. The molecular weight excluding hydrogens is 393 g/mol. The molecule has 0 atom stereocenters. The van der Waals surface area contributed by atoms with Crippen LogP contribution in [0.15, 0.2) is 42.5 Å². The zero-order chi connectivity index (χ0) is 22.0. The van der Waals surface area contributed by atoms with E-state index in [0.29, 0.717) is 37.6 Å². The minimum atomic E-state index is -0.461. The summed E-state index contributed by atoms with van der Waals surface area (Å²) in [5.41, 5.74) is 3.87. The third-order valence-electron chi connectivity index (χ3n) is 5.73. The first-order valence-electron chi connectivity index (χ1n) is 10.3. The Balaban J connectivity index is 1.54. The quantitative estimate of drug-likeness (QED) is 0.661. The molecule has 0 saturated carbocycles. The molecule has 1 aliphatic rings. The number of hydrogen-bond acceptors (Lipinski definition) is 4. The minimum Gasteiger partial charge on any atom is -0.354 e. The number of amides is 2. The second kappa shape index (κ2) is 8.60. The van der Waals surface area contributed by atoms with Gasteiger partial charge in [-0.15, -0.1) is 0 Å². The van der Waals surface area contributed by atoms with Crippen molar-refractivity contribution in [3.8, 4) is 6.07 Å². The summed E-state index contributed by atoms with van der Waals surface area (Å²) >= 11 is 0. The molecule has 2 aromatic carbocycles. The first-order chi connectivity index (χ1) is 15.0. The van der Waals surface area contributed by atoms with E-state index in [1.807, 2.05) is 26.0 Å². The van der Waals surface area contributed by atoms with Crippen LogP contribution in [0.3, 0.4) is 0 Å². The van der Waals surface area contributed by atoms with Gasteiger partial charge in [0.2, 0.25) is 0 Å². The maximum Gasteiger partial charge on any atom is 0.321 e. The van der Waals surface area contributed by atoms with E-state index in [-0.39, 0.29) is 11.7 Å². The van der Waals surface area contributed by atoms with Crippen LogP contribution < -0.4 is 10.2 Å². The van der Waals surface area contributed by atoms with E-state index >= 15 is 0 Å². The van der Waals surface area contributed by atoms with Crippen LogP contribution in [-0.2, 0) is 0 Å². The Hall–Kier alpha value is -3.66. The van der Waals surface area contributed by atoms with E-state index in [1.165, 1.54) is 6.07 Å². The maximum atomic E-state index is 13.9. The maximum absolute atomic E-state index is 13.9. The van der Waals surface area contributed by atoms with Crippen LogP contribution in [0.25, 0.3) is 10.9 Å². The SMILES string of the molecule is Cc1cc2cc(C#N)c(N3CCCN(C(=O)Nc4ccccc4F)CC3)nc2cc1C. The van der Waals surface area contributed by atoms with Crippen LogP contribution >= 0.6 is 0 Å². The van der Waals surface area contributed by atoms with Crippen molar-refractivity contribution in [1.29, 1.82) is 5.26 Å². The molecule has 31 heavy (non-hydrogen) atoms. The van der Waals surface area contributed by atoms with Gasteiger partial charge in [-0.05, 0) is 61.7 Å². The average molecular weight is 417 g/mol. The fourth-order valence-corrected chi connectivity index (χ4v) is 3.84. The zero-order valence-corrected chi connectivity index (χ0v) is 17.7. The lowest BCUT2D eigenvalue weighted by Crippen LogP contribution is -2.38. The molecule has 2 heterocycles. The van der Waals surface area contributed by atoms with Crippen LogP contribution in [0.1, 0.15) is 23.1 Å². The van der Waals surface area contributed by atoms with E-state index in [9.17, 15) is 14.4 Å². The van der Waals surface area contributed by atoms with Gasteiger partial charge in [0.25, 0.3) is 0 Å². The van der Waals surface area contributed by atoms with E-state index in [0.717, 1.165) is 28.5 Å². The Bertz CT molecular complexity index is 1190. The molecule has 2 amide bonds. The van der Waals surface area contributed by atoms with Gasteiger partial charge < -0.3 is 15.1 Å². The number of carbonyl (C=O) groups excluding carboxylic acids is 1. The van der Waals surface area contributed by atoms with Crippen LogP contribution in [0.5, 0.6) is 0 Å². The lowest BCUT2D eigenvalue weighted by atomic mass is 10.0. The van der Waals surface area contributed by atoms with Crippen LogP contribution in [0, 0.1) is 31.0 Å². The third kappa shape index (κ3) is 4.29. The number of rotatable bonds is 2. The van der Waals surface area contributed by atoms with Crippen molar-refractivity contribution < 1.29 is 9.18 Å². The summed E-state index contributed by atoms with van der Waals surface area (Å²) in [7, 11) is 0. The van der Waals surface area contributed by atoms with Gasteiger partial charge in [0.05, 0.1) is 16.8 Å². The molecule has 0 spiro atoms. The molecule has 4 rings (SSSR count). The first kappa shape index (κ1) is 20.6. The fraction of sp³-hybridized carbons (Fsp3) is 0.292. The monoisotopic (exact) mass is 417 g/mol. The summed E-state index contributed by atoms with van der Waals surface area (Å²) in [5, 5.41) is 13.3. The number of para-hydroxylation sites is 1. The number of nitrogens with one attached hydrogen (secondary N) is 1. The van der Waals surface area contributed by atoms with Gasteiger partial charge in [-0.1, -0.05) is 12.1 Å². The van der Waals surface area contributed by atoms with Gasteiger partial charge in [-0.2, -0.15) is 5.26 Å². The standard InChI is InChI=1S/C24H24FN5O/c1-16-12-18-14-19(15-26)23(27-22(18)13-17(16)2)29-8-5-9-30(11-10-29)24(31)28-21-7-4-3-6-20(21)25/h3-4,6-7,12-14H,5,8-11H2,1-2H3,(H,28,31). The topological polar surface area (TPSA) is 72.3 Å². The lowest BCUT2D eigenvalue weighted by Gasteiger charge is -2.24. The number of nitrogens with zero attached hydrogens (tertiary/aromatic N) is 4. The summed E-state index contributed by atoms with van der Waals surface area (Å²) in [4.78, 5) is 21.2. The Kier molecular flexibility index (Phi) is 5.72. The van der Waals surface area contributed by atoms with E-state index < -0.39 is 5.82 Å². The number of halogens is 1. The highest BCUT2D eigenvalue weighted by Gasteiger charge is 2.22. The van der Waals surface area contributed by atoms with E-state index in [2.05, 4.69) is 22.4 Å². The zero-order valence-electron chi connectivity index (χ0n) is 17.7. The fourth-order valence-electron chi connectivity index (χ4n) is 3.84. The van der Waals surface area contributed by atoms with E-state index in [1.54, 1.807) is 23.1 Å². The molecule has 1 aliphatic heterocycles. The second-order valence-electron chi connectivity index (χ2n) is 7.84. The number of aromatic nitrogens is 1. The smallest absolute Gasteiger partial charge is 0.321 e. The van der Waals surface area contributed by atoms with Gasteiger partial charge >= 0.3 is 6.03 Å². The number of hydrogen-bond donors (Lipinski definition) is 1. The minimum absolute atomic E-state index is 0.169. The number of urea groups is 1.